The number of carbonyl (C=O) groups excluding carboxylic acids is 1. The summed E-state index contributed by atoms with van der Waals surface area (Å²) < 4.78 is 14.7. The van der Waals surface area contributed by atoms with Gasteiger partial charge < -0.3 is 19.9 Å². The van der Waals surface area contributed by atoms with Crippen molar-refractivity contribution < 1.29 is 19.4 Å². The largest absolute Gasteiger partial charge is 0.501 e. The summed E-state index contributed by atoms with van der Waals surface area (Å²) in [6, 6.07) is 7.44. The number of amides is 1. The zero-order chi connectivity index (χ0) is 23.7. The van der Waals surface area contributed by atoms with Crippen LogP contribution in [0.4, 0.5) is 0 Å². The molecule has 2 aliphatic heterocycles. The number of benzene rings is 1. The van der Waals surface area contributed by atoms with Crippen molar-refractivity contribution in [3.05, 3.63) is 63.9 Å². The third-order valence-electron chi connectivity index (χ3n) is 6.26. The summed E-state index contributed by atoms with van der Waals surface area (Å²) >= 11 is 0. The van der Waals surface area contributed by atoms with Gasteiger partial charge in [-0.15, -0.1) is 0 Å². The predicted octanol–water partition coefficient (Wildman–Crippen LogP) is 1.19. The van der Waals surface area contributed by atoms with Crippen LogP contribution in [0.5, 0.6) is 5.75 Å². The molecule has 5 rings (SSSR count). The van der Waals surface area contributed by atoms with Crippen molar-refractivity contribution in [3.63, 3.8) is 0 Å². The van der Waals surface area contributed by atoms with Gasteiger partial charge in [-0.2, -0.15) is 5.10 Å². The normalized spacial score (nSPS) is 17.2. The number of aryl methyl sites for hydroxylation is 1. The highest BCUT2D eigenvalue weighted by Gasteiger charge is 2.42. The SMILES string of the molecule is Cc1ncn(-c2ccccc2CNC(=O)c2nc3n(c(=O)c2O)CCCOC32CCOCC2)n1. The molecule has 3 aromatic rings. The molecule has 4 heterocycles. The first-order valence-corrected chi connectivity index (χ1v) is 11.3. The number of carbonyl (C=O) groups is 1. The fourth-order valence-electron chi connectivity index (χ4n) is 4.49. The smallest absolute Gasteiger partial charge is 0.296 e. The zero-order valence-corrected chi connectivity index (χ0v) is 18.9. The molecule has 178 valence electrons. The van der Waals surface area contributed by atoms with E-state index in [4.69, 9.17) is 9.47 Å². The van der Waals surface area contributed by atoms with Gasteiger partial charge in [-0.3, -0.25) is 14.2 Å². The number of rotatable bonds is 4. The van der Waals surface area contributed by atoms with Gasteiger partial charge in [0, 0.05) is 45.8 Å². The van der Waals surface area contributed by atoms with E-state index in [-0.39, 0.29) is 12.2 Å². The molecule has 2 N–H and O–H groups in total. The molecule has 1 spiro atoms. The molecular weight excluding hydrogens is 440 g/mol. The van der Waals surface area contributed by atoms with E-state index in [0.29, 0.717) is 57.3 Å². The Morgan fingerprint density at radius 1 is 1.24 bits per heavy atom. The minimum Gasteiger partial charge on any atom is -0.501 e. The summed E-state index contributed by atoms with van der Waals surface area (Å²) in [7, 11) is 0. The maximum Gasteiger partial charge on any atom is 0.296 e. The Balaban J connectivity index is 1.46. The molecule has 0 unspecified atom stereocenters. The van der Waals surface area contributed by atoms with Crippen LogP contribution in [-0.4, -0.2) is 55.1 Å². The molecule has 0 bridgehead atoms. The van der Waals surface area contributed by atoms with E-state index in [1.165, 1.54) is 4.57 Å². The minimum atomic E-state index is -0.811. The Bertz CT molecular complexity index is 1280. The zero-order valence-electron chi connectivity index (χ0n) is 18.9. The van der Waals surface area contributed by atoms with Crippen LogP contribution in [0, 0.1) is 6.92 Å². The van der Waals surface area contributed by atoms with E-state index in [2.05, 4.69) is 20.4 Å². The Labute approximate surface area is 195 Å². The van der Waals surface area contributed by atoms with Crippen molar-refractivity contribution in [2.24, 2.45) is 0 Å². The molecule has 0 saturated carbocycles. The van der Waals surface area contributed by atoms with Gasteiger partial charge in [0.25, 0.3) is 11.5 Å². The first-order chi connectivity index (χ1) is 16.5. The van der Waals surface area contributed by atoms with Gasteiger partial charge in [0.2, 0.25) is 5.75 Å². The van der Waals surface area contributed by atoms with Crippen LogP contribution < -0.4 is 10.9 Å². The van der Waals surface area contributed by atoms with Crippen LogP contribution in [0.1, 0.15) is 47.0 Å². The molecule has 11 heteroatoms. The molecule has 34 heavy (non-hydrogen) atoms. The predicted molar refractivity (Wildman–Crippen MR) is 120 cm³/mol. The number of hydrogen-bond donors (Lipinski definition) is 2. The summed E-state index contributed by atoms with van der Waals surface area (Å²) in [5.41, 5.74) is -0.200. The van der Waals surface area contributed by atoms with Gasteiger partial charge >= 0.3 is 0 Å². The number of nitrogens with one attached hydrogen (secondary N) is 1. The maximum absolute atomic E-state index is 13.1. The summed E-state index contributed by atoms with van der Waals surface area (Å²) in [6.07, 6.45) is 3.26. The Hall–Kier alpha value is -3.57. The number of ether oxygens (including phenoxy) is 2. The number of nitrogens with zero attached hydrogens (tertiary/aromatic N) is 5. The van der Waals surface area contributed by atoms with E-state index < -0.39 is 22.8 Å². The molecule has 1 amide bonds. The molecule has 0 radical (unpaired) electrons. The Kier molecular flexibility index (Phi) is 5.88. The number of fused-ring (bicyclic) bond motifs is 2. The lowest BCUT2D eigenvalue weighted by molar-refractivity contribution is -0.118. The highest BCUT2D eigenvalue weighted by Crippen LogP contribution is 2.37. The lowest BCUT2D eigenvalue weighted by Gasteiger charge is -2.36. The Morgan fingerprint density at radius 2 is 2.03 bits per heavy atom. The van der Waals surface area contributed by atoms with Gasteiger partial charge in [-0.1, -0.05) is 18.2 Å². The quantitative estimate of drug-likeness (QED) is 0.586. The lowest BCUT2D eigenvalue weighted by atomic mass is 9.92. The van der Waals surface area contributed by atoms with Crippen molar-refractivity contribution in [3.8, 4) is 11.4 Å². The van der Waals surface area contributed by atoms with E-state index in [9.17, 15) is 14.7 Å². The number of para-hydroxylation sites is 1. The van der Waals surface area contributed by atoms with Crippen LogP contribution in [0.15, 0.2) is 35.4 Å². The van der Waals surface area contributed by atoms with Crippen LogP contribution in [0.25, 0.3) is 5.69 Å². The molecule has 0 aliphatic carbocycles. The summed E-state index contributed by atoms with van der Waals surface area (Å²) in [5, 5.41) is 17.7. The van der Waals surface area contributed by atoms with Crippen molar-refractivity contribution in [2.45, 2.75) is 44.9 Å². The molecule has 1 aromatic carbocycles. The second kappa shape index (κ2) is 8.99. The third-order valence-corrected chi connectivity index (χ3v) is 6.26. The number of hydrogen-bond acceptors (Lipinski definition) is 8. The second-order valence-electron chi connectivity index (χ2n) is 8.45. The van der Waals surface area contributed by atoms with Gasteiger partial charge in [0.1, 0.15) is 23.6 Å². The fraction of sp³-hybridized carbons (Fsp3) is 0.435. The van der Waals surface area contributed by atoms with Crippen LogP contribution in [-0.2, 0) is 28.2 Å². The highest BCUT2D eigenvalue weighted by atomic mass is 16.5. The third kappa shape index (κ3) is 3.97. The van der Waals surface area contributed by atoms with Gasteiger partial charge in [-0.05, 0) is 25.0 Å². The summed E-state index contributed by atoms with van der Waals surface area (Å²) in [6.45, 7) is 3.70. The monoisotopic (exact) mass is 466 g/mol. The highest BCUT2D eigenvalue weighted by molar-refractivity contribution is 5.94. The average molecular weight is 466 g/mol. The van der Waals surface area contributed by atoms with Crippen LogP contribution in [0.2, 0.25) is 0 Å². The molecular formula is C23H26N6O5. The number of aromatic hydroxyl groups is 1. The minimum absolute atomic E-state index is 0.142. The first-order valence-electron chi connectivity index (χ1n) is 11.3. The molecule has 11 nitrogen and oxygen atoms in total. The van der Waals surface area contributed by atoms with Gasteiger partial charge in [0.15, 0.2) is 5.69 Å². The molecule has 0 atom stereocenters. The average Bonchev–Trinajstić information content (AvgIpc) is 3.21. The van der Waals surface area contributed by atoms with E-state index in [1.807, 2.05) is 24.3 Å². The summed E-state index contributed by atoms with van der Waals surface area (Å²) in [4.78, 5) is 34.8. The topological polar surface area (TPSA) is 133 Å². The van der Waals surface area contributed by atoms with Crippen LogP contribution >= 0.6 is 0 Å². The second-order valence-corrected chi connectivity index (χ2v) is 8.45. The van der Waals surface area contributed by atoms with Crippen molar-refractivity contribution in [2.75, 3.05) is 19.8 Å². The van der Waals surface area contributed by atoms with Crippen molar-refractivity contribution in [1.29, 1.82) is 0 Å². The first kappa shape index (κ1) is 22.2. The van der Waals surface area contributed by atoms with Gasteiger partial charge in [-0.25, -0.2) is 14.6 Å². The van der Waals surface area contributed by atoms with E-state index in [0.717, 1.165) is 11.3 Å². The van der Waals surface area contributed by atoms with Crippen molar-refractivity contribution >= 4 is 5.91 Å². The molecule has 1 saturated heterocycles. The Morgan fingerprint density at radius 3 is 2.79 bits per heavy atom. The molecule has 2 aliphatic rings. The fourth-order valence-corrected chi connectivity index (χ4v) is 4.49. The van der Waals surface area contributed by atoms with Crippen LogP contribution in [0.3, 0.4) is 0 Å². The lowest BCUT2D eigenvalue weighted by Crippen LogP contribution is -2.42. The van der Waals surface area contributed by atoms with E-state index >= 15 is 0 Å². The molecule has 1 fully saturated rings. The van der Waals surface area contributed by atoms with Gasteiger partial charge in [0.05, 0.1) is 5.69 Å². The maximum atomic E-state index is 13.1. The molecule has 2 aromatic heterocycles. The standard InChI is InChI=1S/C23H26N6O5/c1-15-25-14-29(27-15)17-6-3-2-5-16(17)13-24-20(31)18-19(30)21(32)28-9-4-10-34-23(22(28)26-18)7-11-33-12-8-23/h2-3,5-6,14,30H,4,7-13H2,1H3,(H,24,31). The van der Waals surface area contributed by atoms with E-state index in [1.54, 1.807) is 17.9 Å². The number of aromatic nitrogens is 5. The van der Waals surface area contributed by atoms with Crippen molar-refractivity contribution in [1.82, 2.24) is 29.6 Å². The summed E-state index contributed by atoms with van der Waals surface area (Å²) in [5.74, 6) is -0.304.